The van der Waals surface area contributed by atoms with Crippen LogP contribution in [0.4, 0.5) is 0 Å². The zero-order valence-electron chi connectivity index (χ0n) is 7.06. The number of rotatable bonds is 1. The van der Waals surface area contributed by atoms with Crippen LogP contribution in [0.25, 0.3) is 0 Å². The molecule has 66 valence electrons. The Balaban J connectivity index is 2.01. The van der Waals surface area contributed by atoms with Crippen molar-refractivity contribution in [1.82, 2.24) is 4.98 Å². The van der Waals surface area contributed by atoms with Gasteiger partial charge in [-0.3, -0.25) is 9.78 Å². The lowest BCUT2D eigenvalue weighted by molar-refractivity contribution is -0.141. The van der Waals surface area contributed by atoms with Crippen LogP contribution in [0.15, 0.2) is 24.4 Å². The Kier molecular flexibility index (Phi) is 1.14. The molecule has 2 atom stereocenters. The molecule has 0 radical (unpaired) electrons. The minimum absolute atomic E-state index is 0.0503. The molecule has 0 amide bonds. The highest BCUT2D eigenvalue weighted by Gasteiger charge is 2.66. The summed E-state index contributed by atoms with van der Waals surface area (Å²) < 4.78 is 4.99. The third-order valence-electron chi connectivity index (χ3n) is 3.01. The topological polar surface area (TPSA) is 39.2 Å². The van der Waals surface area contributed by atoms with Crippen molar-refractivity contribution in [2.45, 2.75) is 11.8 Å². The van der Waals surface area contributed by atoms with Crippen LogP contribution in [0.2, 0.25) is 0 Å². The highest BCUT2D eigenvalue weighted by molar-refractivity contribution is 5.82. The lowest BCUT2D eigenvalue weighted by Gasteiger charge is -2.07. The summed E-state index contributed by atoms with van der Waals surface area (Å²) in [5.74, 6) is 0.0352. The molecule has 0 aromatic carbocycles. The van der Waals surface area contributed by atoms with E-state index in [4.69, 9.17) is 4.74 Å². The molecular weight excluding hydrogens is 166 g/mol. The Hall–Kier alpha value is -1.38. The highest BCUT2D eigenvalue weighted by atomic mass is 16.5. The van der Waals surface area contributed by atoms with Crippen molar-refractivity contribution >= 4 is 5.97 Å². The molecule has 1 saturated carbocycles. The lowest BCUT2D eigenvalue weighted by Crippen LogP contribution is -2.12. The molecule has 2 heterocycles. The van der Waals surface area contributed by atoms with Crippen molar-refractivity contribution in [3.05, 3.63) is 30.1 Å². The monoisotopic (exact) mass is 175 g/mol. The number of hydrogen-bond donors (Lipinski definition) is 0. The second-order valence-corrected chi connectivity index (χ2v) is 3.74. The number of cyclic esters (lactones) is 1. The smallest absolute Gasteiger partial charge is 0.310 e. The van der Waals surface area contributed by atoms with E-state index in [2.05, 4.69) is 4.98 Å². The maximum absolute atomic E-state index is 11.1. The van der Waals surface area contributed by atoms with Crippen LogP contribution < -0.4 is 0 Å². The predicted molar refractivity (Wildman–Crippen MR) is 45.0 cm³/mol. The normalized spacial score (nSPS) is 35.4. The fraction of sp³-hybridized carbons (Fsp3) is 0.400. The van der Waals surface area contributed by atoms with Gasteiger partial charge in [-0.05, 0) is 18.6 Å². The van der Waals surface area contributed by atoms with Crippen LogP contribution in [-0.4, -0.2) is 17.6 Å². The van der Waals surface area contributed by atoms with Gasteiger partial charge in [0.25, 0.3) is 0 Å². The SMILES string of the molecule is O=C1OC[C@@]2(c3ccccn3)C[C@@H]12. The van der Waals surface area contributed by atoms with E-state index in [0.29, 0.717) is 6.61 Å². The fourth-order valence-corrected chi connectivity index (χ4v) is 2.09. The molecule has 3 rings (SSSR count). The molecule has 1 aromatic heterocycles. The van der Waals surface area contributed by atoms with E-state index in [1.807, 2.05) is 18.2 Å². The van der Waals surface area contributed by atoms with E-state index >= 15 is 0 Å². The average Bonchev–Trinajstić information content (AvgIpc) is 2.85. The molecule has 1 aliphatic carbocycles. The first-order valence-electron chi connectivity index (χ1n) is 4.41. The summed E-state index contributed by atoms with van der Waals surface area (Å²) in [6.45, 7) is 0.521. The Morgan fingerprint density at radius 3 is 3.00 bits per heavy atom. The summed E-state index contributed by atoms with van der Waals surface area (Å²) in [5.41, 5.74) is 0.948. The number of esters is 1. The van der Waals surface area contributed by atoms with Gasteiger partial charge < -0.3 is 4.74 Å². The molecule has 13 heavy (non-hydrogen) atoms. The minimum atomic E-state index is -0.0572. The zero-order valence-corrected chi connectivity index (χ0v) is 7.06. The summed E-state index contributed by atoms with van der Waals surface area (Å²) in [4.78, 5) is 15.4. The summed E-state index contributed by atoms with van der Waals surface area (Å²) in [5, 5.41) is 0. The van der Waals surface area contributed by atoms with Gasteiger partial charge in [0.2, 0.25) is 0 Å². The maximum Gasteiger partial charge on any atom is 0.310 e. The van der Waals surface area contributed by atoms with Gasteiger partial charge in [0.05, 0.1) is 17.0 Å². The third-order valence-corrected chi connectivity index (χ3v) is 3.01. The van der Waals surface area contributed by atoms with Gasteiger partial charge in [0, 0.05) is 6.20 Å². The van der Waals surface area contributed by atoms with Crippen molar-refractivity contribution in [1.29, 1.82) is 0 Å². The van der Waals surface area contributed by atoms with Crippen molar-refractivity contribution in [2.24, 2.45) is 5.92 Å². The average molecular weight is 175 g/mol. The molecule has 3 nitrogen and oxygen atoms in total. The molecule has 2 fully saturated rings. The van der Waals surface area contributed by atoms with Gasteiger partial charge >= 0.3 is 5.97 Å². The van der Waals surface area contributed by atoms with E-state index in [1.165, 1.54) is 0 Å². The summed E-state index contributed by atoms with van der Waals surface area (Å²) in [6, 6.07) is 5.81. The molecule has 1 aromatic rings. The Bertz CT molecular complexity index is 362. The molecule has 1 aliphatic heterocycles. The number of nitrogens with zero attached hydrogens (tertiary/aromatic N) is 1. The predicted octanol–water partition coefficient (Wildman–Crippen LogP) is 0.896. The Labute approximate surface area is 75.7 Å². The van der Waals surface area contributed by atoms with Crippen molar-refractivity contribution in [3.63, 3.8) is 0 Å². The van der Waals surface area contributed by atoms with Crippen LogP contribution in [0, 0.1) is 5.92 Å². The Morgan fingerprint density at radius 1 is 1.54 bits per heavy atom. The van der Waals surface area contributed by atoms with Crippen LogP contribution in [0.5, 0.6) is 0 Å². The highest BCUT2D eigenvalue weighted by Crippen LogP contribution is 2.58. The van der Waals surface area contributed by atoms with Crippen molar-refractivity contribution in [2.75, 3.05) is 6.61 Å². The number of carbonyl (C=O) groups is 1. The number of pyridine rings is 1. The van der Waals surface area contributed by atoms with Crippen LogP contribution >= 0.6 is 0 Å². The Morgan fingerprint density at radius 2 is 2.46 bits per heavy atom. The number of carbonyl (C=O) groups excluding carboxylic acids is 1. The van der Waals surface area contributed by atoms with Gasteiger partial charge in [-0.15, -0.1) is 0 Å². The molecule has 0 N–H and O–H groups in total. The van der Waals surface area contributed by atoms with Gasteiger partial charge in [-0.2, -0.15) is 0 Å². The van der Waals surface area contributed by atoms with Crippen molar-refractivity contribution in [3.8, 4) is 0 Å². The van der Waals surface area contributed by atoms with Crippen LogP contribution in [-0.2, 0) is 14.9 Å². The summed E-state index contributed by atoms with van der Waals surface area (Å²) >= 11 is 0. The van der Waals surface area contributed by atoms with Crippen LogP contribution in [0.3, 0.4) is 0 Å². The summed E-state index contributed by atoms with van der Waals surface area (Å²) in [6.07, 6.45) is 2.69. The molecule has 0 unspecified atom stereocenters. The van der Waals surface area contributed by atoms with E-state index in [1.54, 1.807) is 6.20 Å². The zero-order chi connectivity index (χ0) is 8.89. The van der Waals surface area contributed by atoms with Gasteiger partial charge in [-0.1, -0.05) is 6.07 Å². The number of hydrogen-bond acceptors (Lipinski definition) is 3. The number of aromatic nitrogens is 1. The van der Waals surface area contributed by atoms with Gasteiger partial charge in [0.1, 0.15) is 6.61 Å². The molecule has 0 spiro atoms. The largest absolute Gasteiger partial charge is 0.464 e. The van der Waals surface area contributed by atoms with Crippen molar-refractivity contribution < 1.29 is 9.53 Å². The van der Waals surface area contributed by atoms with Crippen LogP contribution in [0.1, 0.15) is 12.1 Å². The van der Waals surface area contributed by atoms with Gasteiger partial charge in [-0.25, -0.2) is 0 Å². The third kappa shape index (κ3) is 0.789. The van der Waals surface area contributed by atoms with Gasteiger partial charge in [0.15, 0.2) is 0 Å². The first-order valence-corrected chi connectivity index (χ1v) is 4.41. The molecule has 1 saturated heterocycles. The molecule has 2 aliphatic rings. The molecular formula is C10H9NO2. The quantitative estimate of drug-likeness (QED) is 0.595. The first-order chi connectivity index (χ1) is 6.33. The number of fused-ring (bicyclic) bond motifs is 1. The summed E-state index contributed by atoms with van der Waals surface area (Å²) in [7, 11) is 0. The first kappa shape index (κ1) is 7.06. The second-order valence-electron chi connectivity index (χ2n) is 3.74. The number of ether oxygens (including phenoxy) is 1. The second kappa shape index (κ2) is 2.10. The van der Waals surface area contributed by atoms with E-state index < -0.39 is 0 Å². The van der Waals surface area contributed by atoms with E-state index in [9.17, 15) is 4.79 Å². The minimum Gasteiger partial charge on any atom is -0.464 e. The maximum atomic E-state index is 11.1. The van der Waals surface area contributed by atoms with E-state index in [0.717, 1.165) is 12.1 Å². The lowest BCUT2D eigenvalue weighted by atomic mass is 10.0. The molecule has 0 bridgehead atoms. The molecule has 3 heteroatoms. The standard InChI is InChI=1S/C10H9NO2/c12-9-7-5-10(7,6-13-9)8-3-1-2-4-11-8/h1-4,7H,5-6H2/t7-,10-/m0/s1. The van der Waals surface area contributed by atoms with E-state index in [-0.39, 0.29) is 17.3 Å². The fourth-order valence-electron chi connectivity index (χ4n) is 2.09.